The SMILES string of the molecule is Cc1cncc(C(=O)N2CCCC2COc2ccc(C(=O)N3CCCC3)cc2)c1. The Labute approximate surface area is 171 Å². The van der Waals surface area contributed by atoms with Crippen LogP contribution in [0, 0.1) is 6.92 Å². The maximum absolute atomic E-state index is 12.9. The highest BCUT2D eigenvalue weighted by Crippen LogP contribution is 2.22. The molecule has 2 fully saturated rings. The van der Waals surface area contributed by atoms with E-state index in [-0.39, 0.29) is 17.9 Å². The third-order valence-corrected chi connectivity index (χ3v) is 5.70. The van der Waals surface area contributed by atoms with Crippen LogP contribution in [0.4, 0.5) is 0 Å². The highest BCUT2D eigenvalue weighted by Gasteiger charge is 2.30. The van der Waals surface area contributed by atoms with E-state index in [0.717, 1.165) is 56.6 Å². The number of ether oxygens (including phenoxy) is 1. The van der Waals surface area contributed by atoms with Gasteiger partial charge in [0.1, 0.15) is 12.4 Å². The fraction of sp³-hybridized carbons (Fsp3) is 0.435. The predicted molar refractivity (Wildman–Crippen MR) is 110 cm³/mol. The van der Waals surface area contributed by atoms with Gasteiger partial charge in [-0.2, -0.15) is 0 Å². The quantitative estimate of drug-likeness (QED) is 0.782. The summed E-state index contributed by atoms with van der Waals surface area (Å²) in [5, 5.41) is 0. The van der Waals surface area contributed by atoms with E-state index in [0.29, 0.717) is 17.7 Å². The standard InChI is InChI=1S/C23H27N3O3/c1-17-13-19(15-24-14-17)23(28)26-12-4-5-20(26)16-29-21-8-6-18(7-9-21)22(27)25-10-2-3-11-25/h6-9,13-15,20H,2-5,10-12,16H2,1H3. The molecule has 0 bridgehead atoms. The van der Waals surface area contributed by atoms with Gasteiger partial charge in [-0.05, 0) is 68.5 Å². The molecular weight excluding hydrogens is 366 g/mol. The molecule has 1 aromatic heterocycles. The third kappa shape index (κ3) is 4.42. The molecule has 0 N–H and O–H groups in total. The third-order valence-electron chi connectivity index (χ3n) is 5.70. The summed E-state index contributed by atoms with van der Waals surface area (Å²) in [6.07, 6.45) is 7.45. The van der Waals surface area contributed by atoms with Crippen molar-refractivity contribution in [3.63, 3.8) is 0 Å². The second-order valence-electron chi connectivity index (χ2n) is 7.88. The summed E-state index contributed by atoms with van der Waals surface area (Å²) in [6.45, 7) is 4.82. The van der Waals surface area contributed by atoms with Crippen molar-refractivity contribution in [2.75, 3.05) is 26.2 Å². The van der Waals surface area contributed by atoms with Crippen LogP contribution in [0.15, 0.2) is 42.7 Å². The lowest BCUT2D eigenvalue weighted by molar-refractivity contribution is 0.0690. The van der Waals surface area contributed by atoms with E-state index >= 15 is 0 Å². The van der Waals surface area contributed by atoms with Gasteiger partial charge in [0, 0.05) is 37.6 Å². The molecule has 0 aliphatic carbocycles. The number of pyridine rings is 1. The molecule has 29 heavy (non-hydrogen) atoms. The predicted octanol–water partition coefficient (Wildman–Crippen LogP) is 3.31. The average Bonchev–Trinajstić information content (AvgIpc) is 3.44. The van der Waals surface area contributed by atoms with Gasteiger partial charge in [0.15, 0.2) is 0 Å². The minimum absolute atomic E-state index is 0.0128. The number of hydrogen-bond acceptors (Lipinski definition) is 4. The Kier molecular flexibility index (Phi) is 5.79. The first-order valence-electron chi connectivity index (χ1n) is 10.4. The first kappa shape index (κ1) is 19.4. The number of likely N-dealkylation sites (tertiary alicyclic amines) is 2. The molecule has 1 aromatic carbocycles. The van der Waals surface area contributed by atoms with Crippen molar-refractivity contribution < 1.29 is 14.3 Å². The molecule has 0 radical (unpaired) electrons. The first-order valence-corrected chi connectivity index (χ1v) is 10.4. The summed E-state index contributed by atoms with van der Waals surface area (Å²) in [4.78, 5) is 33.2. The van der Waals surface area contributed by atoms with Crippen LogP contribution in [0.3, 0.4) is 0 Å². The maximum atomic E-state index is 12.9. The Bertz CT molecular complexity index is 875. The summed E-state index contributed by atoms with van der Waals surface area (Å²) < 4.78 is 5.96. The molecular formula is C23H27N3O3. The van der Waals surface area contributed by atoms with Gasteiger partial charge >= 0.3 is 0 Å². The molecule has 2 aromatic rings. The molecule has 1 unspecified atom stereocenters. The Morgan fingerprint density at radius 2 is 1.76 bits per heavy atom. The summed E-state index contributed by atoms with van der Waals surface area (Å²) in [5.41, 5.74) is 2.30. The molecule has 3 heterocycles. The average molecular weight is 393 g/mol. The highest BCUT2D eigenvalue weighted by atomic mass is 16.5. The summed E-state index contributed by atoms with van der Waals surface area (Å²) >= 11 is 0. The zero-order chi connectivity index (χ0) is 20.2. The summed E-state index contributed by atoms with van der Waals surface area (Å²) in [7, 11) is 0. The fourth-order valence-electron chi connectivity index (χ4n) is 4.10. The van der Waals surface area contributed by atoms with E-state index in [1.807, 2.05) is 47.1 Å². The normalized spacial score (nSPS) is 18.9. The van der Waals surface area contributed by atoms with Gasteiger partial charge in [0.05, 0.1) is 11.6 Å². The van der Waals surface area contributed by atoms with Gasteiger partial charge in [-0.25, -0.2) is 0 Å². The van der Waals surface area contributed by atoms with Gasteiger partial charge in [0.2, 0.25) is 0 Å². The molecule has 152 valence electrons. The van der Waals surface area contributed by atoms with Gasteiger partial charge in [0.25, 0.3) is 11.8 Å². The summed E-state index contributed by atoms with van der Waals surface area (Å²) in [6, 6.07) is 9.26. The Morgan fingerprint density at radius 1 is 1.00 bits per heavy atom. The molecule has 4 rings (SSSR count). The maximum Gasteiger partial charge on any atom is 0.255 e. The van der Waals surface area contributed by atoms with Crippen LogP contribution in [-0.4, -0.2) is 58.9 Å². The lowest BCUT2D eigenvalue weighted by Gasteiger charge is -2.25. The molecule has 2 amide bonds. The van der Waals surface area contributed by atoms with E-state index in [1.165, 1.54) is 0 Å². The number of hydrogen-bond donors (Lipinski definition) is 0. The summed E-state index contributed by atoms with van der Waals surface area (Å²) in [5.74, 6) is 0.826. The van der Waals surface area contributed by atoms with Crippen molar-refractivity contribution in [3.05, 3.63) is 59.4 Å². The van der Waals surface area contributed by atoms with Crippen LogP contribution in [0.2, 0.25) is 0 Å². The van der Waals surface area contributed by atoms with Crippen molar-refractivity contribution in [2.45, 2.75) is 38.6 Å². The highest BCUT2D eigenvalue weighted by molar-refractivity contribution is 5.95. The van der Waals surface area contributed by atoms with Crippen molar-refractivity contribution in [1.82, 2.24) is 14.8 Å². The molecule has 0 saturated carbocycles. The lowest BCUT2D eigenvalue weighted by Crippen LogP contribution is -2.39. The smallest absolute Gasteiger partial charge is 0.255 e. The minimum Gasteiger partial charge on any atom is -0.491 e. The van der Waals surface area contributed by atoms with Crippen molar-refractivity contribution in [2.24, 2.45) is 0 Å². The topological polar surface area (TPSA) is 62.7 Å². The number of carbonyl (C=O) groups is 2. The largest absolute Gasteiger partial charge is 0.491 e. The molecule has 2 aliphatic heterocycles. The van der Waals surface area contributed by atoms with Gasteiger partial charge in [-0.1, -0.05) is 0 Å². The van der Waals surface area contributed by atoms with Crippen molar-refractivity contribution in [1.29, 1.82) is 0 Å². The van der Waals surface area contributed by atoms with E-state index in [1.54, 1.807) is 12.4 Å². The molecule has 2 aliphatic rings. The number of rotatable bonds is 5. The van der Waals surface area contributed by atoms with E-state index < -0.39 is 0 Å². The number of benzene rings is 1. The number of aromatic nitrogens is 1. The number of amides is 2. The Morgan fingerprint density at radius 3 is 2.48 bits per heavy atom. The molecule has 1 atom stereocenters. The van der Waals surface area contributed by atoms with Crippen LogP contribution in [-0.2, 0) is 0 Å². The van der Waals surface area contributed by atoms with Crippen molar-refractivity contribution in [3.8, 4) is 5.75 Å². The van der Waals surface area contributed by atoms with Crippen LogP contribution >= 0.6 is 0 Å². The van der Waals surface area contributed by atoms with Crippen molar-refractivity contribution >= 4 is 11.8 Å². The van der Waals surface area contributed by atoms with E-state index in [9.17, 15) is 9.59 Å². The minimum atomic E-state index is 0.0128. The Hall–Kier alpha value is -2.89. The first-order chi connectivity index (χ1) is 14.1. The zero-order valence-electron chi connectivity index (χ0n) is 16.8. The Balaban J connectivity index is 1.35. The van der Waals surface area contributed by atoms with E-state index in [2.05, 4.69) is 4.98 Å². The van der Waals surface area contributed by atoms with Crippen LogP contribution in [0.1, 0.15) is 52.0 Å². The molecule has 6 nitrogen and oxygen atoms in total. The number of carbonyl (C=O) groups excluding carboxylic acids is 2. The lowest BCUT2D eigenvalue weighted by atomic mass is 10.1. The second-order valence-corrected chi connectivity index (χ2v) is 7.88. The van der Waals surface area contributed by atoms with Crippen LogP contribution < -0.4 is 4.74 Å². The molecule has 2 saturated heterocycles. The van der Waals surface area contributed by atoms with Crippen LogP contribution in [0.5, 0.6) is 5.75 Å². The van der Waals surface area contributed by atoms with E-state index in [4.69, 9.17) is 4.74 Å². The van der Waals surface area contributed by atoms with Gasteiger partial charge < -0.3 is 14.5 Å². The number of nitrogens with zero attached hydrogens (tertiary/aromatic N) is 3. The zero-order valence-corrected chi connectivity index (χ0v) is 16.8. The second kappa shape index (κ2) is 8.64. The molecule has 6 heteroatoms. The number of aryl methyl sites for hydroxylation is 1. The molecule has 0 spiro atoms. The fourth-order valence-corrected chi connectivity index (χ4v) is 4.10. The van der Waals surface area contributed by atoms with Crippen LogP contribution in [0.25, 0.3) is 0 Å². The monoisotopic (exact) mass is 393 g/mol. The van der Waals surface area contributed by atoms with Gasteiger partial charge in [-0.15, -0.1) is 0 Å². The van der Waals surface area contributed by atoms with Gasteiger partial charge in [-0.3, -0.25) is 14.6 Å².